The van der Waals surface area contributed by atoms with Crippen LogP contribution in [0.3, 0.4) is 0 Å². The van der Waals surface area contributed by atoms with Crippen LogP contribution < -0.4 is 5.32 Å². The lowest BCUT2D eigenvalue weighted by molar-refractivity contribution is 0.0632. The van der Waals surface area contributed by atoms with Gasteiger partial charge in [0, 0.05) is 36.7 Å². The first-order chi connectivity index (χ1) is 8.81. The topological polar surface area (TPSA) is 48.1 Å². The van der Waals surface area contributed by atoms with Crippen LogP contribution in [0.15, 0.2) is 30.5 Å². The number of fused-ring (bicyclic) bond motifs is 1. The third-order valence-electron chi connectivity index (χ3n) is 3.62. The van der Waals surface area contributed by atoms with Crippen LogP contribution >= 0.6 is 0 Å². The smallest absolute Gasteiger partial charge is 0.256 e. The van der Waals surface area contributed by atoms with E-state index in [-0.39, 0.29) is 5.91 Å². The number of carbonyl (C=O) groups is 1. The average molecular weight is 243 g/mol. The molecule has 0 aliphatic carbocycles. The van der Waals surface area contributed by atoms with E-state index in [2.05, 4.69) is 10.3 Å². The van der Waals surface area contributed by atoms with Gasteiger partial charge in [-0.1, -0.05) is 18.2 Å². The summed E-state index contributed by atoms with van der Waals surface area (Å²) in [7, 11) is 0. The molecular weight excluding hydrogens is 226 g/mol. The summed E-state index contributed by atoms with van der Waals surface area (Å²) < 4.78 is 0. The molecule has 3 rings (SSSR count). The van der Waals surface area contributed by atoms with Crippen molar-refractivity contribution in [2.24, 2.45) is 0 Å². The van der Waals surface area contributed by atoms with Crippen LogP contribution in [0.4, 0.5) is 0 Å². The molecule has 1 saturated heterocycles. The van der Waals surface area contributed by atoms with E-state index in [0.717, 1.165) is 36.1 Å². The van der Waals surface area contributed by atoms with Gasteiger partial charge in [-0.15, -0.1) is 0 Å². The summed E-state index contributed by atoms with van der Waals surface area (Å²) in [6, 6.07) is 8.27. The minimum Gasteiger partial charge on any atom is -0.360 e. The molecule has 1 amide bonds. The van der Waals surface area contributed by atoms with Gasteiger partial charge in [-0.05, 0) is 13.0 Å². The zero-order valence-corrected chi connectivity index (χ0v) is 10.4. The summed E-state index contributed by atoms with van der Waals surface area (Å²) in [5.74, 6) is 0.126. The number of benzene rings is 1. The van der Waals surface area contributed by atoms with Crippen molar-refractivity contribution in [1.29, 1.82) is 0 Å². The number of rotatable bonds is 3. The van der Waals surface area contributed by atoms with E-state index in [1.54, 1.807) is 0 Å². The van der Waals surface area contributed by atoms with E-state index in [0.29, 0.717) is 6.04 Å². The number of carbonyl (C=O) groups excluding carboxylic acids is 1. The van der Waals surface area contributed by atoms with Gasteiger partial charge in [0.15, 0.2) is 0 Å². The molecule has 0 atom stereocenters. The van der Waals surface area contributed by atoms with Crippen LogP contribution in [0.2, 0.25) is 0 Å². The van der Waals surface area contributed by atoms with Crippen molar-refractivity contribution < 1.29 is 4.79 Å². The molecular formula is C14H17N3O. The van der Waals surface area contributed by atoms with E-state index in [1.807, 2.05) is 42.3 Å². The van der Waals surface area contributed by atoms with E-state index in [1.165, 1.54) is 0 Å². The highest BCUT2D eigenvalue weighted by atomic mass is 16.2. The second kappa shape index (κ2) is 4.46. The fraction of sp³-hybridized carbons (Fsp3) is 0.357. The van der Waals surface area contributed by atoms with E-state index < -0.39 is 0 Å². The van der Waals surface area contributed by atoms with Crippen molar-refractivity contribution in [1.82, 2.24) is 15.2 Å². The normalized spacial score (nSPS) is 15.6. The summed E-state index contributed by atoms with van der Waals surface area (Å²) >= 11 is 0. The molecule has 0 saturated carbocycles. The van der Waals surface area contributed by atoms with Crippen molar-refractivity contribution in [2.75, 3.05) is 19.6 Å². The molecule has 4 heteroatoms. The van der Waals surface area contributed by atoms with Gasteiger partial charge in [0.2, 0.25) is 0 Å². The second-order valence-electron chi connectivity index (χ2n) is 4.65. The van der Waals surface area contributed by atoms with Crippen LogP contribution in [0, 0.1) is 0 Å². The minimum absolute atomic E-state index is 0.126. The molecule has 1 aromatic carbocycles. The number of hydrogen-bond donors (Lipinski definition) is 2. The van der Waals surface area contributed by atoms with E-state index in [4.69, 9.17) is 0 Å². The standard InChI is InChI=1S/C14H17N3O/c1-2-17(10-7-15-8-10)14(18)12-9-16-13-6-4-3-5-11(12)13/h3-6,9-10,15-16H,2,7-8H2,1H3. The molecule has 2 N–H and O–H groups in total. The summed E-state index contributed by atoms with van der Waals surface area (Å²) in [6.07, 6.45) is 1.82. The largest absolute Gasteiger partial charge is 0.360 e. The van der Waals surface area contributed by atoms with Crippen LogP contribution in [-0.4, -0.2) is 41.5 Å². The first-order valence-electron chi connectivity index (χ1n) is 6.39. The molecule has 94 valence electrons. The van der Waals surface area contributed by atoms with Crippen molar-refractivity contribution in [2.45, 2.75) is 13.0 Å². The van der Waals surface area contributed by atoms with E-state index >= 15 is 0 Å². The lowest BCUT2D eigenvalue weighted by Gasteiger charge is -2.37. The maximum Gasteiger partial charge on any atom is 0.256 e. The summed E-state index contributed by atoms with van der Waals surface area (Å²) in [5, 5.41) is 4.22. The highest BCUT2D eigenvalue weighted by molar-refractivity contribution is 6.06. The van der Waals surface area contributed by atoms with Gasteiger partial charge in [-0.3, -0.25) is 4.79 Å². The SMILES string of the molecule is CCN(C(=O)c1c[nH]c2ccccc12)C1CNC1. The van der Waals surface area contributed by atoms with Crippen LogP contribution in [0.25, 0.3) is 10.9 Å². The highest BCUT2D eigenvalue weighted by Crippen LogP contribution is 2.20. The summed E-state index contributed by atoms with van der Waals surface area (Å²) in [5.41, 5.74) is 1.79. The Morgan fingerprint density at radius 1 is 1.39 bits per heavy atom. The minimum atomic E-state index is 0.126. The predicted octanol–water partition coefficient (Wildman–Crippen LogP) is 1.60. The second-order valence-corrected chi connectivity index (χ2v) is 4.65. The van der Waals surface area contributed by atoms with Gasteiger partial charge < -0.3 is 15.2 Å². The molecule has 18 heavy (non-hydrogen) atoms. The monoisotopic (exact) mass is 243 g/mol. The number of aromatic amines is 1. The van der Waals surface area contributed by atoms with Gasteiger partial charge >= 0.3 is 0 Å². The van der Waals surface area contributed by atoms with Gasteiger partial charge in [-0.25, -0.2) is 0 Å². The summed E-state index contributed by atoms with van der Waals surface area (Å²) in [6.45, 7) is 4.60. The Bertz CT molecular complexity index is 571. The molecule has 0 unspecified atom stereocenters. The number of amides is 1. The third kappa shape index (κ3) is 1.69. The van der Waals surface area contributed by atoms with Crippen molar-refractivity contribution in [3.05, 3.63) is 36.0 Å². The lowest BCUT2D eigenvalue weighted by atomic mass is 10.1. The van der Waals surface area contributed by atoms with Crippen LogP contribution in [0.1, 0.15) is 17.3 Å². The Labute approximate surface area is 106 Å². The first kappa shape index (κ1) is 11.3. The molecule has 1 fully saturated rings. The predicted molar refractivity (Wildman–Crippen MR) is 71.7 cm³/mol. The maximum absolute atomic E-state index is 12.6. The molecule has 0 radical (unpaired) electrons. The lowest BCUT2D eigenvalue weighted by Crippen LogP contribution is -2.58. The number of hydrogen-bond acceptors (Lipinski definition) is 2. The Hall–Kier alpha value is -1.81. The van der Waals surface area contributed by atoms with E-state index in [9.17, 15) is 4.79 Å². The maximum atomic E-state index is 12.6. The Morgan fingerprint density at radius 2 is 2.17 bits per heavy atom. The Morgan fingerprint density at radius 3 is 2.83 bits per heavy atom. The molecule has 4 nitrogen and oxygen atoms in total. The number of H-pyrrole nitrogens is 1. The first-order valence-corrected chi connectivity index (χ1v) is 6.39. The zero-order chi connectivity index (χ0) is 12.5. The van der Waals surface area contributed by atoms with Crippen LogP contribution in [0.5, 0.6) is 0 Å². The molecule has 0 bridgehead atoms. The summed E-state index contributed by atoms with van der Waals surface area (Å²) in [4.78, 5) is 17.7. The third-order valence-corrected chi connectivity index (χ3v) is 3.62. The van der Waals surface area contributed by atoms with Crippen LogP contribution in [-0.2, 0) is 0 Å². The van der Waals surface area contributed by atoms with Gasteiger partial charge in [0.05, 0.1) is 11.6 Å². The Kier molecular flexibility index (Phi) is 2.80. The Balaban J connectivity index is 1.95. The number of para-hydroxylation sites is 1. The number of aromatic nitrogens is 1. The number of likely N-dealkylation sites (N-methyl/N-ethyl adjacent to an activating group) is 1. The molecule has 2 heterocycles. The molecule has 1 aromatic heterocycles. The molecule has 2 aromatic rings. The van der Waals surface area contributed by atoms with Gasteiger partial charge in [0.25, 0.3) is 5.91 Å². The fourth-order valence-corrected chi connectivity index (χ4v) is 2.46. The molecule has 1 aliphatic heterocycles. The van der Waals surface area contributed by atoms with Crippen molar-refractivity contribution >= 4 is 16.8 Å². The van der Waals surface area contributed by atoms with Gasteiger partial charge in [-0.2, -0.15) is 0 Å². The van der Waals surface area contributed by atoms with Gasteiger partial charge in [0.1, 0.15) is 0 Å². The number of nitrogens with zero attached hydrogens (tertiary/aromatic N) is 1. The van der Waals surface area contributed by atoms with Crippen molar-refractivity contribution in [3.63, 3.8) is 0 Å². The molecule has 1 aliphatic rings. The number of nitrogens with one attached hydrogen (secondary N) is 2. The fourth-order valence-electron chi connectivity index (χ4n) is 2.46. The highest BCUT2D eigenvalue weighted by Gasteiger charge is 2.28. The zero-order valence-electron chi connectivity index (χ0n) is 10.4. The average Bonchev–Trinajstić information content (AvgIpc) is 2.76. The quantitative estimate of drug-likeness (QED) is 0.860. The van der Waals surface area contributed by atoms with Crippen molar-refractivity contribution in [3.8, 4) is 0 Å². The molecule has 0 spiro atoms.